The van der Waals surface area contributed by atoms with Gasteiger partial charge in [0, 0.05) is 16.9 Å². The molecule has 1 amide bonds. The summed E-state index contributed by atoms with van der Waals surface area (Å²) in [5, 5.41) is 4.45. The van der Waals surface area contributed by atoms with Gasteiger partial charge in [0.1, 0.15) is 4.21 Å². The van der Waals surface area contributed by atoms with Crippen molar-refractivity contribution in [1.29, 1.82) is 0 Å². The lowest BCUT2D eigenvalue weighted by Crippen LogP contribution is -2.15. The first-order valence-corrected chi connectivity index (χ1v) is 10.8. The highest BCUT2D eigenvalue weighted by Gasteiger charge is 2.15. The molecule has 3 rings (SSSR count). The Bertz CT molecular complexity index is 1090. The smallest absolute Gasteiger partial charge is 0.271 e. The summed E-state index contributed by atoms with van der Waals surface area (Å²) >= 11 is 1.14. The van der Waals surface area contributed by atoms with Crippen molar-refractivity contribution in [3.8, 4) is 0 Å². The normalized spacial score (nSPS) is 11.0. The zero-order valence-corrected chi connectivity index (χ0v) is 16.6. The number of carbonyl (C=O) groups excluding carboxylic acids is 2. The van der Waals surface area contributed by atoms with Gasteiger partial charge in [-0.2, -0.15) is 0 Å². The molecule has 0 atom stereocenters. The van der Waals surface area contributed by atoms with Crippen molar-refractivity contribution in [2.75, 3.05) is 10.0 Å². The first-order chi connectivity index (χ1) is 13.3. The Kier molecular flexibility index (Phi) is 5.91. The molecule has 0 unspecified atom stereocenters. The molecule has 2 N–H and O–H groups in total. The first kappa shape index (κ1) is 19.8. The third-order valence-corrected chi connectivity index (χ3v) is 6.66. The number of hydrogen-bond donors (Lipinski definition) is 2. The SMILES string of the molecule is CC(=O)c1cccc(NC(=O)Cc2ccc(NS(=O)(=O)c3cccs3)cc2)c1. The highest BCUT2D eigenvalue weighted by Crippen LogP contribution is 2.20. The molecule has 3 aromatic rings. The van der Waals surface area contributed by atoms with Crippen molar-refractivity contribution in [2.24, 2.45) is 0 Å². The summed E-state index contributed by atoms with van der Waals surface area (Å²) in [5.74, 6) is -0.302. The highest BCUT2D eigenvalue weighted by atomic mass is 32.2. The van der Waals surface area contributed by atoms with Crippen molar-refractivity contribution in [1.82, 2.24) is 0 Å². The van der Waals surface area contributed by atoms with Crippen LogP contribution < -0.4 is 10.0 Å². The molecule has 0 fully saturated rings. The van der Waals surface area contributed by atoms with Crippen LogP contribution in [0.3, 0.4) is 0 Å². The van der Waals surface area contributed by atoms with Crippen molar-refractivity contribution in [2.45, 2.75) is 17.6 Å². The predicted octanol–water partition coefficient (Wildman–Crippen LogP) is 3.93. The fourth-order valence-electron chi connectivity index (χ4n) is 2.52. The number of benzene rings is 2. The quantitative estimate of drug-likeness (QED) is 0.573. The lowest BCUT2D eigenvalue weighted by Gasteiger charge is -2.09. The number of thiophene rings is 1. The first-order valence-electron chi connectivity index (χ1n) is 8.39. The molecule has 0 aliphatic rings. The second kappa shape index (κ2) is 8.37. The number of amides is 1. The van der Waals surface area contributed by atoms with Gasteiger partial charge in [-0.1, -0.05) is 30.3 Å². The number of hydrogen-bond acceptors (Lipinski definition) is 5. The van der Waals surface area contributed by atoms with Gasteiger partial charge in [0.05, 0.1) is 6.42 Å². The molecule has 8 heteroatoms. The summed E-state index contributed by atoms with van der Waals surface area (Å²) in [6.45, 7) is 1.47. The van der Waals surface area contributed by atoms with Gasteiger partial charge in [-0.15, -0.1) is 11.3 Å². The number of sulfonamides is 1. The van der Waals surface area contributed by atoms with Gasteiger partial charge in [0.2, 0.25) is 5.91 Å². The van der Waals surface area contributed by atoms with Crippen LogP contribution in [-0.4, -0.2) is 20.1 Å². The minimum Gasteiger partial charge on any atom is -0.326 e. The van der Waals surface area contributed by atoms with Crippen molar-refractivity contribution in [3.05, 3.63) is 77.2 Å². The van der Waals surface area contributed by atoms with E-state index in [1.807, 2.05) is 0 Å². The van der Waals surface area contributed by atoms with E-state index in [4.69, 9.17) is 0 Å². The maximum absolute atomic E-state index is 12.2. The Hall–Kier alpha value is -2.97. The van der Waals surface area contributed by atoms with E-state index >= 15 is 0 Å². The van der Waals surface area contributed by atoms with Gasteiger partial charge < -0.3 is 5.32 Å². The average Bonchev–Trinajstić information content (AvgIpc) is 3.19. The van der Waals surface area contributed by atoms with Crippen molar-refractivity contribution in [3.63, 3.8) is 0 Å². The van der Waals surface area contributed by atoms with Crippen LogP contribution in [0.5, 0.6) is 0 Å². The molecule has 144 valence electrons. The molecule has 0 bridgehead atoms. The van der Waals surface area contributed by atoms with Crippen LogP contribution in [0.15, 0.2) is 70.3 Å². The molecule has 0 spiro atoms. The van der Waals surface area contributed by atoms with Crippen LogP contribution in [0, 0.1) is 0 Å². The summed E-state index contributed by atoms with van der Waals surface area (Å²) in [6.07, 6.45) is 0.127. The summed E-state index contributed by atoms with van der Waals surface area (Å²) in [7, 11) is -3.60. The zero-order chi connectivity index (χ0) is 20.1. The summed E-state index contributed by atoms with van der Waals surface area (Å²) < 4.78 is 27.2. The second-order valence-corrected chi connectivity index (χ2v) is 8.95. The molecular weight excluding hydrogens is 396 g/mol. The topological polar surface area (TPSA) is 92.3 Å². The molecule has 1 heterocycles. The van der Waals surface area contributed by atoms with Crippen molar-refractivity contribution < 1.29 is 18.0 Å². The van der Waals surface area contributed by atoms with E-state index in [-0.39, 0.29) is 22.3 Å². The van der Waals surface area contributed by atoms with Gasteiger partial charge in [-0.25, -0.2) is 8.42 Å². The Morgan fingerprint density at radius 2 is 1.71 bits per heavy atom. The third kappa shape index (κ3) is 5.05. The largest absolute Gasteiger partial charge is 0.326 e. The van der Waals surface area contributed by atoms with E-state index in [1.54, 1.807) is 60.0 Å². The number of anilines is 2. The molecule has 1 aromatic heterocycles. The minimum absolute atomic E-state index is 0.0725. The second-order valence-electron chi connectivity index (χ2n) is 6.10. The minimum atomic E-state index is -3.60. The standard InChI is InChI=1S/C20H18N2O4S2/c1-14(23)16-4-2-5-18(13-16)21-19(24)12-15-7-9-17(10-8-15)22-28(25,26)20-6-3-11-27-20/h2-11,13,22H,12H2,1H3,(H,21,24). The maximum atomic E-state index is 12.2. The molecule has 2 aromatic carbocycles. The van der Waals surface area contributed by atoms with Crippen molar-refractivity contribution >= 4 is 44.4 Å². The molecule has 28 heavy (non-hydrogen) atoms. The van der Waals surface area contributed by atoms with Gasteiger partial charge in [0.15, 0.2) is 5.78 Å². The van der Waals surface area contributed by atoms with Gasteiger partial charge >= 0.3 is 0 Å². The average molecular weight is 415 g/mol. The Balaban J connectivity index is 1.62. The van der Waals surface area contributed by atoms with E-state index in [0.29, 0.717) is 16.9 Å². The third-order valence-electron chi connectivity index (χ3n) is 3.88. The van der Waals surface area contributed by atoms with Crippen LogP contribution in [0.1, 0.15) is 22.8 Å². The van der Waals surface area contributed by atoms with Crippen LogP contribution in [0.25, 0.3) is 0 Å². The molecule has 0 aliphatic carbocycles. The number of Topliss-reactive ketones (excluding diaryl/α,β-unsaturated/α-hetero) is 1. The van der Waals surface area contributed by atoms with Crippen LogP contribution in [0.4, 0.5) is 11.4 Å². The molecular formula is C20H18N2O4S2. The lowest BCUT2D eigenvalue weighted by molar-refractivity contribution is -0.115. The molecule has 0 saturated heterocycles. The predicted molar refractivity (Wildman–Crippen MR) is 110 cm³/mol. The lowest BCUT2D eigenvalue weighted by atomic mass is 10.1. The number of rotatable bonds is 7. The van der Waals surface area contributed by atoms with E-state index in [9.17, 15) is 18.0 Å². The van der Waals surface area contributed by atoms with Crippen LogP contribution in [0.2, 0.25) is 0 Å². The number of carbonyl (C=O) groups is 2. The van der Waals surface area contributed by atoms with Gasteiger partial charge in [-0.3, -0.25) is 14.3 Å². The molecule has 0 aliphatic heterocycles. The summed E-state index contributed by atoms with van der Waals surface area (Å²) in [5.41, 5.74) is 2.24. The Morgan fingerprint density at radius 1 is 0.964 bits per heavy atom. The highest BCUT2D eigenvalue weighted by molar-refractivity contribution is 7.94. The summed E-state index contributed by atoms with van der Waals surface area (Å²) in [4.78, 5) is 23.6. The number of nitrogens with one attached hydrogen (secondary N) is 2. The maximum Gasteiger partial charge on any atom is 0.271 e. The molecule has 6 nitrogen and oxygen atoms in total. The summed E-state index contributed by atoms with van der Waals surface area (Å²) in [6, 6.07) is 16.6. The Labute approximate surface area is 167 Å². The van der Waals surface area contributed by atoms with Crippen LogP contribution >= 0.6 is 11.3 Å². The van der Waals surface area contributed by atoms with Gasteiger partial charge in [-0.05, 0) is 48.2 Å². The monoisotopic (exact) mass is 414 g/mol. The zero-order valence-electron chi connectivity index (χ0n) is 15.0. The molecule has 0 radical (unpaired) electrons. The fourth-order valence-corrected chi connectivity index (χ4v) is 4.57. The fraction of sp³-hybridized carbons (Fsp3) is 0.100. The van der Waals surface area contributed by atoms with Crippen LogP contribution in [-0.2, 0) is 21.2 Å². The van der Waals surface area contributed by atoms with E-state index < -0.39 is 10.0 Å². The van der Waals surface area contributed by atoms with E-state index in [0.717, 1.165) is 16.9 Å². The number of ketones is 1. The van der Waals surface area contributed by atoms with Gasteiger partial charge in [0.25, 0.3) is 10.0 Å². The molecule has 0 saturated carbocycles. The van der Waals surface area contributed by atoms with E-state index in [2.05, 4.69) is 10.0 Å². The Morgan fingerprint density at radius 3 is 2.36 bits per heavy atom. The van der Waals surface area contributed by atoms with E-state index in [1.165, 1.54) is 13.0 Å².